The molecule has 8 fully saturated rings. The molecule has 0 radical (unpaired) electrons. The van der Waals surface area contributed by atoms with Gasteiger partial charge in [-0.3, -0.25) is 19.3 Å². The minimum Gasteiger partial charge on any atom is -0.493 e. The largest absolute Gasteiger partial charge is 0.493 e. The fraction of sp³-hybridized carbons (Fsp3) is 0.750. The number of hydrogen-bond donors (Lipinski definition) is 1. The van der Waals surface area contributed by atoms with Gasteiger partial charge in [0.15, 0.2) is 17.3 Å². The van der Waals surface area contributed by atoms with Crippen LogP contribution in [0.15, 0.2) is 23.8 Å². The summed E-state index contributed by atoms with van der Waals surface area (Å²) in [5, 5.41) is 9.37. The number of nitrogens with zero attached hydrogens (tertiary/aromatic N) is 2. The van der Waals surface area contributed by atoms with Gasteiger partial charge in [0.25, 0.3) is 0 Å². The number of fused-ring (bicyclic) bond motifs is 7. The van der Waals surface area contributed by atoms with Crippen LogP contribution in [-0.2, 0) is 24.5 Å². The SMILES string of the molecule is COc1cc2c(cc1OC)[C@@]13CCN4CC5=CCO[C@H]6CC(=O)N2[C@H]1[C@H]6[C@H]5C[C@H]43.C[C@]12CCC(=O)C[C@H]1CC[C@@H]1[C@@H]2CC[C@]2(C)[C@@H](C(=O)CO)CC[C@@H]12. The second-order valence-corrected chi connectivity index (χ2v) is 19.2. The summed E-state index contributed by atoms with van der Waals surface area (Å²) in [5.41, 5.74) is 4.30. The lowest BCUT2D eigenvalue weighted by Gasteiger charge is -2.60. The summed E-state index contributed by atoms with van der Waals surface area (Å²) in [5.74, 6) is 5.91. The van der Waals surface area contributed by atoms with Crippen LogP contribution >= 0.6 is 0 Å². The molecule has 1 spiro atoms. The highest BCUT2D eigenvalue weighted by atomic mass is 16.5. The lowest BCUT2D eigenvalue weighted by atomic mass is 9.44. The zero-order valence-electron chi connectivity index (χ0n) is 32.1. The minimum atomic E-state index is -0.289. The normalized spacial score (nSPS) is 45.5. The number of carbonyl (C=O) groups is 3. The van der Waals surface area contributed by atoms with Gasteiger partial charge in [-0.05, 0) is 116 Å². The Labute approximate surface area is 314 Å². The molecule has 11 rings (SSSR count). The topological polar surface area (TPSA) is 106 Å². The molecule has 5 saturated carbocycles. The van der Waals surface area contributed by atoms with E-state index in [4.69, 9.17) is 14.2 Å². The summed E-state index contributed by atoms with van der Waals surface area (Å²) in [6.07, 6.45) is 14.7. The molecular weight excluding hydrogens is 668 g/mol. The molecule has 5 heterocycles. The number of hydrogen-bond acceptors (Lipinski definition) is 8. The van der Waals surface area contributed by atoms with E-state index in [1.165, 1.54) is 31.2 Å². The van der Waals surface area contributed by atoms with Crippen molar-refractivity contribution in [2.75, 3.05) is 45.4 Å². The van der Waals surface area contributed by atoms with Crippen molar-refractivity contribution < 1.29 is 33.7 Å². The number of anilines is 1. The highest BCUT2D eigenvalue weighted by Crippen LogP contribution is 2.68. The summed E-state index contributed by atoms with van der Waals surface area (Å²) in [7, 11) is 3.36. The Morgan fingerprint density at radius 3 is 2.55 bits per heavy atom. The lowest BCUT2D eigenvalue weighted by molar-refractivity contribution is -0.144. The van der Waals surface area contributed by atoms with Crippen molar-refractivity contribution in [3.8, 4) is 11.5 Å². The summed E-state index contributed by atoms with van der Waals surface area (Å²) in [4.78, 5) is 42.5. The summed E-state index contributed by atoms with van der Waals surface area (Å²) in [6, 6.07) is 4.87. The summed E-state index contributed by atoms with van der Waals surface area (Å²) < 4.78 is 17.6. The average Bonchev–Trinajstić information content (AvgIpc) is 3.78. The third-order valence-electron chi connectivity index (χ3n) is 17.8. The van der Waals surface area contributed by atoms with Gasteiger partial charge in [-0.2, -0.15) is 0 Å². The van der Waals surface area contributed by atoms with Crippen molar-refractivity contribution in [1.82, 2.24) is 4.90 Å². The third-order valence-corrected chi connectivity index (χ3v) is 17.8. The van der Waals surface area contributed by atoms with E-state index in [1.807, 2.05) is 6.07 Å². The number of amides is 1. The van der Waals surface area contributed by atoms with Gasteiger partial charge in [-0.15, -0.1) is 0 Å². The Hall–Kier alpha value is -2.75. The van der Waals surface area contributed by atoms with E-state index in [2.05, 4.69) is 35.8 Å². The Balaban J connectivity index is 0.000000135. The van der Waals surface area contributed by atoms with Gasteiger partial charge in [0, 0.05) is 48.7 Å². The Kier molecular flexibility index (Phi) is 7.94. The molecule has 0 aromatic heterocycles. The smallest absolute Gasteiger partial charge is 0.229 e. The molecule has 1 amide bonds. The molecule has 286 valence electrons. The van der Waals surface area contributed by atoms with Crippen molar-refractivity contribution in [1.29, 1.82) is 0 Å². The number of benzene rings is 1. The van der Waals surface area contributed by atoms with Gasteiger partial charge < -0.3 is 24.2 Å². The maximum Gasteiger partial charge on any atom is 0.229 e. The van der Waals surface area contributed by atoms with Crippen LogP contribution < -0.4 is 14.4 Å². The second-order valence-electron chi connectivity index (χ2n) is 19.2. The molecule has 10 aliphatic rings. The van der Waals surface area contributed by atoms with Crippen LogP contribution in [0.4, 0.5) is 5.69 Å². The predicted molar refractivity (Wildman–Crippen MR) is 199 cm³/mol. The number of aliphatic hydroxyl groups excluding tert-OH is 1. The molecule has 1 N–H and O–H groups in total. The first-order valence-corrected chi connectivity index (χ1v) is 20.9. The lowest BCUT2D eigenvalue weighted by Crippen LogP contribution is -2.69. The second kappa shape index (κ2) is 12.1. The maximum absolute atomic E-state index is 13.5. The van der Waals surface area contributed by atoms with E-state index < -0.39 is 0 Å². The number of rotatable bonds is 4. The zero-order valence-corrected chi connectivity index (χ0v) is 32.1. The highest BCUT2D eigenvalue weighted by Gasteiger charge is 2.71. The van der Waals surface area contributed by atoms with Crippen molar-refractivity contribution >= 4 is 23.2 Å². The maximum atomic E-state index is 13.5. The molecule has 2 bridgehead atoms. The van der Waals surface area contributed by atoms with Crippen molar-refractivity contribution in [3.63, 3.8) is 0 Å². The van der Waals surface area contributed by atoms with Crippen molar-refractivity contribution in [2.45, 2.75) is 114 Å². The molecular formula is C44H58N2O7. The number of piperidine rings is 2. The Bertz CT molecular complexity index is 1770. The molecule has 1 aromatic rings. The van der Waals surface area contributed by atoms with Crippen molar-refractivity contribution in [2.24, 2.45) is 52.3 Å². The van der Waals surface area contributed by atoms with Crippen LogP contribution in [0.3, 0.4) is 0 Å². The molecule has 3 saturated heterocycles. The Morgan fingerprint density at radius 1 is 0.962 bits per heavy atom. The quantitative estimate of drug-likeness (QED) is 0.384. The summed E-state index contributed by atoms with van der Waals surface area (Å²) >= 11 is 0. The van der Waals surface area contributed by atoms with E-state index >= 15 is 0 Å². The fourth-order valence-corrected chi connectivity index (χ4v) is 15.6. The van der Waals surface area contributed by atoms with Crippen LogP contribution in [0.1, 0.15) is 96.5 Å². The predicted octanol–water partition coefficient (Wildman–Crippen LogP) is 5.89. The molecule has 0 unspecified atom stereocenters. The number of Topliss-reactive ketones (excluding diaryl/α,β-unsaturated/α-hetero) is 2. The van der Waals surface area contributed by atoms with E-state index in [-0.39, 0.29) is 47.2 Å². The van der Waals surface area contributed by atoms with E-state index in [0.29, 0.717) is 59.7 Å². The number of ketones is 2. The van der Waals surface area contributed by atoms with Gasteiger partial charge in [-0.25, -0.2) is 0 Å². The molecule has 9 heteroatoms. The number of ether oxygens (including phenoxy) is 3. The molecule has 1 aromatic carbocycles. The van der Waals surface area contributed by atoms with E-state index in [0.717, 1.165) is 81.3 Å². The standard InChI is InChI=1S/C23H26N2O4.C21H32O3/c1-27-16-8-14-15(9-17(16)28-2)25-20(26)10-18-21-13-7-19-23(14,22(21)25)4-5-24(19)11-12(13)3-6-29-18;1-20-9-7-14(23)11-13(20)3-4-15-16-5-6-18(19(24)12-22)21(16,2)10-8-17(15)20/h3,8-9,13,18-19,21-22H,4-7,10-11H2,1-2H3;13,15-18,22H,3-12H2,1-2H3/t13-,18-,19-,21-,22-,23+;13-,15+,16+,17+,18-,20+,21+/m01/s1. The monoisotopic (exact) mass is 726 g/mol. The first-order valence-electron chi connectivity index (χ1n) is 20.9. The molecule has 5 aliphatic carbocycles. The highest BCUT2D eigenvalue weighted by molar-refractivity contribution is 6.00. The summed E-state index contributed by atoms with van der Waals surface area (Å²) in [6.45, 7) is 7.31. The van der Waals surface area contributed by atoms with Gasteiger partial charge in [-0.1, -0.05) is 25.5 Å². The van der Waals surface area contributed by atoms with Crippen LogP contribution in [0, 0.1) is 52.3 Å². The minimum absolute atomic E-state index is 0.0242. The number of methoxy groups -OCH3 is 2. The van der Waals surface area contributed by atoms with Gasteiger partial charge in [0.2, 0.25) is 5.91 Å². The fourth-order valence-electron chi connectivity index (χ4n) is 15.6. The van der Waals surface area contributed by atoms with Crippen LogP contribution in [-0.4, -0.2) is 86.2 Å². The molecule has 53 heavy (non-hydrogen) atoms. The first kappa shape index (κ1) is 34.7. The molecule has 13 atom stereocenters. The first-order chi connectivity index (χ1) is 25.6. The van der Waals surface area contributed by atoms with Crippen molar-refractivity contribution in [3.05, 3.63) is 29.3 Å². The molecule has 9 nitrogen and oxygen atoms in total. The third kappa shape index (κ3) is 4.56. The van der Waals surface area contributed by atoms with Gasteiger partial charge in [0.05, 0.1) is 45.1 Å². The van der Waals surface area contributed by atoms with Gasteiger partial charge >= 0.3 is 0 Å². The van der Waals surface area contributed by atoms with Crippen LogP contribution in [0.25, 0.3) is 0 Å². The average molecular weight is 727 g/mol. The Morgan fingerprint density at radius 2 is 1.75 bits per heavy atom. The zero-order chi connectivity index (χ0) is 36.6. The van der Waals surface area contributed by atoms with E-state index in [1.54, 1.807) is 19.8 Å². The number of aliphatic hydroxyl groups is 1. The van der Waals surface area contributed by atoms with E-state index in [9.17, 15) is 19.5 Å². The van der Waals surface area contributed by atoms with Gasteiger partial charge in [0.1, 0.15) is 12.4 Å². The van der Waals surface area contributed by atoms with Crippen LogP contribution in [0.2, 0.25) is 0 Å². The van der Waals surface area contributed by atoms with Crippen LogP contribution in [0.5, 0.6) is 11.5 Å². The number of carbonyl (C=O) groups excluding carboxylic acids is 3. The molecule has 5 aliphatic heterocycles.